The van der Waals surface area contributed by atoms with Crippen molar-refractivity contribution in [3.05, 3.63) is 52.8 Å². The normalized spacial score (nSPS) is 21.8. The van der Waals surface area contributed by atoms with Crippen molar-refractivity contribution in [1.82, 2.24) is 14.9 Å². The van der Waals surface area contributed by atoms with Crippen molar-refractivity contribution < 1.29 is 9.53 Å². The van der Waals surface area contributed by atoms with Gasteiger partial charge in [-0.2, -0.15) is 0 Å². The zero-order valence-electron chi connectivity index (χ0n) is 15.9. The van der Waals surface area contributed by atoms with Crippen molar-refractivity contribution >= 4 is 11.9 Å². The van der Waals surface area contributed by atoms with Crippen molar-refractivity contribution in [3.8, 4) is 0 Å². The Balaban J connectivity index is 1.34. The van der Waals surface area contributed by atoms with Crippen LogP contribution in [0.3, 0.4) is 0 Å². The number of carbonyl (C=O) groups excluding carboxylic acids is 1. The molecule has 0 radical (unpaired) electrons. The highest BCUT2D eigenvalue weighted by atomic mass is 16.5. The minimum atomic E-state index is -0.0547. The fourth-order valence-corrected chi connectivity index (χ4v) is 4.18. The minimum Gasteiger partial charge on any atom is -0.376 e. The Morgan fingerprint density at radius 3 is 2.93 bits per heavy atom. The average molecular weight is 366 g/mol. The summed E-state index contributed by atoms with van der Waals surface area (Å²) in [5.74, 6) is 0.758. The molecule has 0 bridgehead atoms. The molecule has 2 aliphatic rings. The third kappa shape index (κ3) is 3.95. The third-order valence-electron chi connectivity index (χ3n) is 5.50. The summed E-state index contributed by atoms with van der Waals surface area (Å²) in [7, 11) is 0. The number of carbonyl (C=O) groups is 1. The molecule has 6 heteroatoms. The fourth-order valence-electron chi connectivity index (χ4n) is 4.18. The smallest absolute Gasteiger partial charge is 0.228 e. The predicted octanol–water partition coefficient (Wildman–Crippen LogP) is 2.50. The number of hydrogen-bond donors (Lipinski definition) is 1. The lowest BCUT2D eigenvalue weighted by Crippen LogP contribution is -2.40. The van der Waals surface area contributed by atoms with Crippen LogP contribution in [-0.2, 0) is 22.5 Å². The van der Waals surface area contributed by atoms with E-state index in [1.165, 1.54) is 22.3 Å². The first-order valence-electron chi connectivity index (χ1n) is 9.60. The second-order valence-electron chi connectivity index (χ2n) is 7.57. The highest BCUT2D eigenvalue weighted by molar-refractivity contribution is 5.79. The van der Waals surface area contributed by atoms with Crippen LogP contribution in [0.2, 0.25) is 0 Å². The molecule has 27 heavy (non-hydrogen) atoms. The van der Waals surface area contributed by atoms with Crippen LogP contribution in [0.5, 0.6) is 0 Å². The molecular formula is C21H26N4O2. The van der Waals surface area contributed by atoms with E-state index in [2.05, 4.69) is 41.3 Å². The molecule has 0 spiro atoms. The Kier molecular flexibility index (Phi) is 5.07. The monoisotopic (exact) mass is 366 g/mol. The van der Waals surface area contributed by atoms with Crippen LogP contribution in [0.15, 0.2) is 30.6 Å². The van der Waals surface area contributed by atoms with Crippen LogP contribution in [-0.4, -0.2) is 46.6 Å². The lowest BCUT2D eigenvalue weighted by atomic mass is 9.92. The van der Waals surface area contributed by atoms with Gasteiger partial charge in [0.15, 0.2) is 0 Å². The minimum absolute atomic E-state index is 0.0179. The molecule has 4 rings (SSSR count). The van der Waals surface area contributed by atoms with Crippen molar-refractivity contribution in [2.24, 2.45) is 5.92 Å². The number of nitrogens with zero attached hydrogens (tertiary/aromatic N) is 3. The molecule has 0 saturated carbocycles. The zero-order chi connectivity index (χ0) is 18.8. The van der Waals surface area contributed by atoms with Crippen LogP contribution in [0, 0.1) is 19.8 Å². The SMILES string of the molecule is Cc1cc(C)c2c(c1)CN(C(=O)[C@@H]1CO[C@H](CNc3ncccn3)C1)CC2. The molecule has 1 aromatic heterocycles. The largest absolute Gasteiger partial charge is 0.376 e. The summed E-state index contributed by atoms with van der Waals surface area (Å²) in [6.07, 6.45) is 5.11. The van der Waals surface area contributed by atoms with E-state index in [1.807, 2.05) is 4.90 Å². The average Bonchev–Trinajstić information content (AvgIpc) is 3.15. The number of anilines is 1. The number of hydrogen-bond acceptors (Lipinski definition) is 5. The fraction of sp³-hybridized carbons (Fsp3) is 0.476. The lowest BCUT2D eigenvalue weighted by Gasteiger charge is -2.31. The molecule has 1 aromatic carbocycles. The van der Waals surface area contributed by atoms with Gasteiger partial charge in [0.1, 0.15) is 0 Å². The molecule has 2 aromatic rings. The van der Waals surface area contributed by atoms with E-state index in [9.17, 15) is 4.79 Å². The molecule has 142 valence electrons. The first kappa shape index (κ1) is 17.9. The number of fused-ring (bicyclic) bond motifs is 1. The number of ether oxygens (including phenoxy) is 1. The van der Waals surface area contributed by atoms with Crippen LogP contribution < -0.4 is 5.32 Å². The maximum absolute atomic E-state index is 13.0. The van der Waals surface area contributed by atoms with E-state index in [0.29, 0.717) is 25.6 Å². The molecule has 2 aliphatic heterocycles. The summed E-state index contributed by atoms with van der Waals surface area (Å²) in [6.45, 7) is 6.92. The number of rotatable bonds is 4. The van der Waals surface area contributed by atoms with E-state index < -0.39 is 0 Å². The second kappa shape index (κ2) is 7.64. The van der Waals surface area contributed by atoms with Gasteiger partial charge in [0, 0.05) is 32.0 Å². The van der Waals surface area contributed by atoms with Crippen molar-refractivity contribution in [2.45, 2.75) is 39.3 Å². The summed E-state index contributed by atoms with van der Waals surface area (Å²) in [6, 6.07) is 6.24. The molecule has 1 fully saturated rings. The van der Waals surface area contributed by atoms with E-state index in [-0.39, 0.29) is 17.9 Å². The number of nitrogens with one attached hydrogen (secondary N) is 1. The molecule has 1 saturated heterocycles. The van der Waals surface area contributed by atoms with Crippen molar-refractivity contribution in [2.75, 3.05) is 25.0 Å². The number of amides is 1. The van der Waals surface area contributed by atoms with E-state index >= 15 is 0 Å². The molecule has 2 atom stereocenters. The predicted molar refractivity (Wildman–Crippen MR) is 103 cm³/mol. The molecule has 1 N–H and O–H groups in total. The van der Waals surface area contributed by atoms with Crippen molar-refractivity contribution in [1.29, 1.82) is 0 Å². The first-order valence-corrected chi connectivity index (χ1v) is 9.60. The van der Waals surface area contributed by atoms with E-state index in [4.69, 9.17) is 4.74 Å². The Labute approximate surface area is 160 Å². The Morgan fingerprint density at radius 2 is 2.11 bits per heavy atom. The topological polar surface area (TPSA) is 67.3 Å². The quantitative estimate of drug-likeness (QED) is 0.900. The second-order valence-corrected chi connectivity index (χ2v) is 7.57. The van der Waals surface area contributed by atoms with Gasteiger partial charge in [0.05, 0.1) is 18.6 Å². The molecule has 3 heterocycles. The lowest BCUT2D eigenvalue weighted by molar-refractivity contribution is -0.136. The van der Waals surface area contributed by atoms with Crippen LogP contribution in [0.1, 0.15) is 28.7 Å². The number of benzene rings is 1. The van der Waals surface area contributed by atoms with Gasteiger partial charge < -0.3 is 15.0 Å². The molecule has 6 nitrogen and oxygen atoms in total. The summed E-state index contributed by atoms with van der Waals surface area (Å²) in [5.41, 5.74) is 5.32. The highest BCUT2D eigenvalue weighted by Crippen LogP contribution is 2.28. The van der Waals surface area contributed by atoms with Crippen LogP contribution >= 0.6 is 0 Å². The van der Waals surface area contributed by atoms with Gasteiger partial charge in [-0.05, 0) is 49.4 Å². The van der Waals surface area contributed by atoms with Gasteiger partial charge in [0.25, 0.3) is 0 Å². The molecule has 0 aliphatic carbocycles. The standard InChI is InChI=1S/C21H26N4O2/c1-14-8-15(2)19-4-7-25(12-16(19)9-14)20(26)17-10-18(27-13-17)11-24-21-22-5-3-6-23-21/h3,5-6,8-9,17-18H,4,7,10-13H2,1-2H3,(H,22,23,24)/t17-,18-/m0/s1. The molecular weight excluding hydrogens is 340 g/mol. The highest BCUT2D eigenvalue weighted by Gasteiger charge is 2.34. The Bertz CT molecular complexity index is 824. The van der Waals surface area contributed by atoms with Crippen LogP contribution in [0.25, 0.3) is 0 Å². The van der Waals surface area contributed by atoms with Gasteiger partial charge in [-0.1, -0.05) is 17.7 Å². The summed E-state index contributed by atoms with van der Waals surface area (Å²) in [5, 5.41) is 3.18. The summed E-state index contributed by atoms with van der Waals surface area (Å²) in [4.78, 5) is 23.3. The Hall–Kier alpha value is -2.47. The zero-order valence-corrected chi connectivity index (χ0v) is 15.9. The van der Waals surface area contributed by atoms with Crippen LogP contribution in [0.4, 0.5) is 5.95 Å². The maximum Gasteiger partial charge on any atom is 0.228 e. The first-order chi connectivity index (χ1) is 13.1. The summed E-state index contributed by atoms with van der Waals surface area (Å²) < 4.78 is 5.84. The summed E-state index contributed by atoms with van der Waals surface area (Å²) >= 11 is 0. The van der Waals surface area contributed by atoms with Crippen molar-refractivity contribution in [3.63, 3.8) is 0 Å². The van der Waals surface area contributed by atoms with Gasteiger partial charge in [-0.15, -0.1) is 0 Å². The van der Waals surface area contributed by atoms with Gasteiger partial charge in [-0.3, -0.25) is 4.79 Å². The maximum atomic E-state index is 13.0. The van der Waals surface area contributed by atoms with E-state index in [1.54, 1.807) is 18.5 Å². The van der Waals surface area contributed by atoms with Gasteiger partial charge >= 0.3 is 0 Å². The number of aryl methyl sites for hydroxylation is 2. The Morgan fingerprint density at radius 1 is 1.30 bits per heavy atom. The molecule has 1 amide bonds. The third-order valence-corrected chi connectivity index (χ3v) is 5.50. The van der Waals surface area contributed by atoms with Gasteiger partial charge in [0.2, 0.25) is 11.9 Å². The molecule has 0 unspecified atom stereocenters. The van der Waals surface area contributed by atoms with E-state index in [0.717, 1.165) is 19.4 Å². The van der Waals surface area contributed by atoms with Gasteiger partial charge in [-0.25, -0.2) is 9.97 Å². The number of aromatic nitrogens is 2.